The van der Waals surface area contributed by atoms with E-state index in [1.807, 2.05) is 6.92 Å². The molecule has 8 nitrogen and oxygen atoms in total. The topological polar surface area (TPSA) is 125 Å². The maximum atomic E-state index is 13.2. The summed E-state index contributed by atoms with van der Waals surface area (Å²) >= 11 is 0. The molecule has 0 amide bonds. The third-order valence-electron chi connectivity index (χ3n) is 4.69. The minimum absolute atomic E-state index is 0.000676. The molecule has 31 heavy (non-hydrogen) atoms. The fourth-order valence-corrected chi connectivity index (χ4v) is 3.22. The molecular weight excluding hydrogens is 413 g/mol. The Hall–Kier alpha value is -4.02. The molecule has 4 aromatic rings. The summed E-state index contributed by atoms with van der Waals surface area (Å²) in [5, 5.41) is 26.6. The Morgan fingerprint density at radius 1 is 1.19 bits per heavy atom. The highest BCUT2D eigenvalue weighted by atomic mass is 19.4. The van der Waals surface area contributed by atoms with E-state index in [0.29, 0.717) is 26.8 Å². The van der Waals surface area contributed by atoms with Crippen LogP contribution in [0.25, 0.3) is 33.8 Å². The largest absolute Gasteiger partial charge is 0.504 e. The van der Waals surface area contributed by atoms with Gasteiger partial charge in [-0.05, 0) is 25.1 Å². The molecule has 4 rings (SSSR count). The van der Waals surface area contributed by atoms with Crippen molar-refractivity contribution >= 4 is 16.9 Å². The first kappa shape index (κ1) is 20.3. The highest BCUT2D eigenvalue weighted by Crippen LogP contribution is 2.38. The average molecular weight is 430 g/mol. The van der Waals surface area contributed by atoms with Crippen LogP contribution >= 0.6 is 0 Å². The summed E-state index contributed by atoms with van der Waals surface area (Å²) in [6, 6.07) is 11.5. The number of alkyl halides is 3. The van der Waals surface area contributed by atoms with Gasteiger partial charge in [0, 0.05) is 11.1 Å². The molecule has 11 heteroatoms. The summed E-state index contributed by atoms with van der Waals surface area (Å²) in [7, 11) is 0. The summed E-state index contributed by atoms with van der Waals surface area (Å²) < 4.78 is 40.3. The smallest absolute Gasteiger partial charge is 0.408 e. The van der Waals surface area contributed by atoms with Crippen LogP contribution in [0.5, 0.6) is 5.75 Å². The molecule has 0 aliphatic carbocycles. The maximum absolute atomic E-state index is 13.2. The lowest BCUT2D eigenvalue weighted by atomic mass is 10.1. The van der Waals surface area contributed by atoms with E-state index in [4.69, 9.17) is 10.9 Å². The molecule has 0 spiro atoms. The molecule has 0 unspecified atom stereocenters. The van der Waals surface area contributed by atoms with E-state index >= 15 is 0 Å². The van der Waals surface area contributed by atoms with Crippen molar-refractivity contribution in [1.29, 1.82) is 0 Å². The Morgan fingerprint density at radius 2 is 1.90 bits per heavy atom. The predicted molar refractivity (Wildman–Crippen MR) is 108 cm³/mol. The SMILES string of the molecule is Cc1ccc(-c2nn(CC(F)(F)F)c(-c3nc4ccc(/C(N)=N/O)cc4[nH]3)c2O)cc1. The number of hydrogen-bond donors (Lipinski definition) is 4. The fraction of sp³-hybridized carbons (Fsp3) is 0.150. The Labute approximate surface area is 173 Å². The number of rotatable bonds is 4. The van der Waals surface area contributed by atoms with Crippen LogP contribution in [0.1, 0.15) is 11.1 Å². The van der Waals surface area contributed by atoms with Crippen molar-refractivity contribution < 1.29 is 23.5 Å². The van der Waals surface area contributed by atoms with E-state index in [-0.39, 0.29) is 23.0 Å². The van der Waals surface area contributed by atoms with Gasteiger partial charge in [-0.25, -0.2) is 9.67 Å². The third-order valence-corrected chi connectivity index (χ3v) is 4.69. The average Bonchev–Trinajstić information content (AvgIpc) is 3.26. The van der Waals surface area contributed by atoms with Crippen LogP contribution in [0.4, 0.5) is 13.2 Å². The van der Waals surface area contributed by atoms with Crippen LogP contribution in [-0.4, -0.2) is 42.1 Å². The molecule has 0 radical (unpaired) electrons. The number of aromatic nitrogens is 4. The number of nitrogens with two attached hydrogens (primary N) is 1. The molecule has 2 aromatic carbocycles. The number of hydrogen-bond acceptors (Lipinski definition) is 5. The molecule has 0 fully saturated rings. The zero-order valence-electron chi connectivity index (χ0n) is 16.1. The van der Waals surface area contributed by atoms with Crippen LogP contribution in [0.2, 0.25) is 0 Å². The number of nitrogens with one attached hydrogen (secondary N) is 1. The van der Waals surface area contributed by atoms with Crippen molar-refractivity contribution in [2.45, 2.75) is 19.6 Å². The Morgan fingerprint density at radius 3 is 2.55 bits per heavy atom. The van der Waals surface area contributed by atoms with Gasteiger partial charge < -0.3 is 21.0 Å². The van der Waals surface area contributed by atoms with Crippen molar-refractivity contribution in [2.24, 2.45) is 10.9 Å². The monoisotopic (exact) mass is 430 g/mol. The molecule has 0 aliphatic rings. The molecule has 0 saturated heterocycles. The standard InChI is InChI=1S/C20H17F3N6O2/c1-10-2-4-11(5-3-10)15-17(30)16(29(27-15)9-20(21,22)23)19-25-13-7-6-12(18(24)28-31)8-14(13)26-19/h2-8,30-31H,9H2,1H3,(H2,24,28)(H,25,26). The highest BCUT2D eigenvalue weighted by molar-refractivity contribution is 6.00. The second kappa shape index (κ2) is 7.35. The second-order valence-electron chi connectivity index (χ2n) is 6.99. The van der Waals surface area contributed by atoms with Gasteiger partial charge in [0.1, 0.15) is 17.9 Å². The number of oxime groups is 1. The first-order valence-corrected chi connectivity index (χ1v) is 9.08. The van der Waals surface area contributed by atoms with Crippen molar-refractivity contribution in [3.63, 3.8) is 0 Å². The quantitative estimate of drug-likeness (QED) is 0.170. The molecular formula is C20H17F3N6O2. The van der Waals surface area contributed by atoms with Gasteiger partial charge in [-0.3, -0.25) is 0 Å². The van der Waals surface area contributed by atoms with Gasteiger partial charge in [-0.2, -0.15) is 18.3 Å². The van der Waals surface area contributed by atoms with E-state index in [2.05, 4.69) is 20.2 Å². The van der Waals surface area contributed by atoms with Crippen LogP contribution in [0.15, 0.2) is 47.6 Å². The summed E-state index contributed by atoms with van der Waals surface area (Å²) in [6.45, 7) is 0.461. The second-order valence-corrected chi connectivity index (χ2v) is 6.99. The lowest BCUT2D eigenvalue weighted by Crippen LogP contribution is -2.19. The number of aromatic amines is 1. The molecule has 0 atom stereocenters. The van der Waals surface area contributed by atoms with E-state index in [1.165, 1.54) is 6.07 Å². The van der Waals surface area contributed by atoms with Crippen molar-refractivity contribution in [2.75, 3.05) is 0 Å². The maximum Gasteiger partial charge on any atom is 0.408 e. The van der Waals surface area contributed by atoms with Crippen molar-refractivity contribution in [3.8, 4) is 28.5 Å². The zero-order chi connectivity index (χ0) is 22.3. The zero-order valence-corrected chi connectivity index (χ0v) is 16.1. The van der Waals surface area contributed by atoms with Crippen LogP contribution in [-0.2, 0) is 6.54 Å². The number of benzene rings is 2. The van der Waals surface area contributed by atoms with Gasteiger partial charge in [-0.15, -0.1) is 0 Å². The minimum Gasteiger partial charge on any atom is -0.504 e. The molecule has 0 bridgehead atoms. The number of H-pyrrole nitrogens is 1. The summed E-state index contributed by atoms with van der Waals surface area (Å²) in [5.41, 5.74) is 8.05. The number of amidine groups is 1. The summed E-state index contributed by atoms with van der Waals surface area (Å²) in [5.74, 6) is -0.562. The first-order chi connectivity index (χ1) is 14.7. The number of aryl methyl sites for hydroxylation is 1. The van der Waals surface area contributed by atoms with Gasteiger partial charge in [0.15, 0.2) is 17.4 Å². The highest BCUT2D eigenvalue weighted by Gasteiger charge is 2.33. The number of halogens is 3. The lowest BCUT2D eigenvalue weighted by molar-refractivity contribution is -0.142. The number of aromatic hydroxyl groups is 1. The number of nitrogens with zero attached hydrogens (tertiary/aromatic N) is 4. The van der Waals surface area contributed by atoms with E-state index in [1.54, 1.807) is 36.4 Å². The number of fused-ring (bicyclic) bond motifs is 1. The van der Waals surface area contributed by atoms with Crippen molar-refractivity contribution in [3.05, 3.63) is 53.6 Å². The lowest BCUT2D eigenvalue weighted by Gasteiger charge is -2.08. The predicted octanol–water partition coefficient (Wildman–Crippen LogP) is 3.76. The molecule has 5 N–H and O–H groups in total. The fourth-order valence-electron chi connectivity index (χ4n) is 3.22. The molecule has 2 heterocycles. The van der Waals surface area contributed by atoms with Gasteiger partial charge in [0.2, 0.25) is 0 Å². The Kier molecular flexibility index (Phi) is 4.80. The third kappa shape index (κ3) is 3.89. The molecule has 0 saturated carbocycles. The van der Waals surface area contributed by atoms with Crippen molar-refractivity contribution in [1.82, 2.24) is 19.7 Å². The van der Waals surface area contributed by atoms with E-state index in [0.717, 1.165) is 5.56 Å². The Balaban J connectivity index is 1.89. The van der Waals surface area contributed by atoms with E-state index < -0.39 is 18.5 Å². The number of imidazole rings is 1. The van der Waals surface area contributed by atoms with Gasteiger partial charge in [0.05, 0.1) is 11.0 Å². The van der Waals surface area contributed by atoms with Gasteiger partial charge >= 0.3 is 6.18 Å². The Bertz CT molecular complexity index is 1290. The van der Waals surface area contributed by atoms with Crippen LogP contribution in [0.3, 0.4) is 0 Å². The molecule has 160 valence electrons. The minimum atomic E-state index is -4.57. The summed E-state index contributed by atoms with van der Waals surface area (Å²) in [6.07, 6.45) is -4.57. The van der Waals surface area contributed by atoms with Gasteiger partial charge in [-0.1, -0.05) is 35.0 Å². The van der Waals surface area contributed by atoms with E-state index in [9.17, 15) is 18.3 Å². The normalized spacial score (nSPS) is 12.6. The molecule has 2 aromatic heterocycles. The van der Waals surface area contributed by atoms with Crippen LogP contribution < -0.4 is 5.73 Å². The van der Waals surface area contributed by atoms with Crippen LogP contribution in [0, 0.1) is 6.92 Å². The summed E-state index contributed by atoms with van der Waals surface area (Å²) in [4.78, 5) is 7.18. The molecule has 0 aliphatic heterocycles. The first-order valence-electron chi connectivity index (χ1n) is 9.08. The van der Waals surface area contributed by atoms with Gasteiger partial charge in [0.25, 0.3) is 0 Å².